The van der Waals surface area contributed by atoms with Crippen molar-refractivity contribution >= 4 is 91.9 Å². The van der Waals surface area contributed by atoms with Crippen LogP contribution in [0.4, 0.5) is 17.1 Å². The van der Waals surface area contributed by atoms with Gasteiger partial charge in [-0.2, -0.15) is 0 Å². The lowest BCUT2D eigenvalue weighted by Crippen LogP contribution is -2.10. The molecule has 2 nitrogen and oxygen atoms in total. The number of nitrogens with zero attached hydrogens (tertiary/aromatic N) is 2. The Morgan fingerprint density at radius 3 is 1.89 bits per heavy atom. The summed E-state index contributed by atoms with van der Waals surface area (Å²) < 4.78 is 5.01. The van der Waals surface area contributed by atoms with Crippen molar-refractivity contribution in [2.75, 3.05) is 4.90 Å². The van der Waals surface area contributed by atoms with Gasteiger partial charge in [-0.3, -0.25) is 0 Å². The summed E-state index contributed by atoms with van der Waals surface area (Å²) in [7, 11) is 0. The van der Waals surface area contributed by atoms with E-state index in [4.69, 9.17) is 0 Å². The third kappa shape index (κ3) is 4.86. The van der Waals surface area contributed by atoms with E-state index >= 15 is 0 Å². The summed E-state index contributed by atoms with van der Waals surface area (Å²) in [4.78, 5) is 2.40. The fourth-order valence-electron chi connectivity index (χ4n) is 8.25. The molecule has 53 heavy (non-hydrogen) atoms. The summed E-state index contributed by atoms with van der Waals surface area (Å²) >= 11 is 1.86. The van der Waals surface area contributed by atoms with Crippen molar-refractivity contribution in [2.45, 2.75) is 0 Å². The van der Waals surface area contributed by atoms with E-state index in [9.17, 15) is 0 Å². The third-order valence-corrected chi connectivity index (χ3v) is 11.9. The van der Waals surface area contributed by atoms with Crippen molar-refractivity contribution in [3.8, 4) is 16.8 Å². The van der Waals surface area contributed by atoms with Gasteiger partial charge in [-0.1, -0.05) is 121 Å². The first kappa shape index (κ1) is 30.0. The molecule has 3 heteroatoms. The summed E-state index contributed by atoms with van der Waals surface area (Å²) in [6.07, 6.45) is 0. The number of hydrogen-bond donors (Lipinski definition) is 0. The van der Waals surface area contributed by atoms with Gasteiger partial charge in [0, 0.05) is 53.7 Å². The van der Waals surface area contributed by atoms with Gasteiger partial charge >= 0.3 is 0 Å². The lowest BCUT2D eigenvalue weighted by molar-refractivity contribution is 1.17. The Morgan fingerprint density at radius 1 is 0.358 bits per heavy atom. The molecule has 0 bridgehead atoms. The average molecular weight is 693 g/mol. The van der Waals surface area contributed by atoms with E-state index in [0.29, 0.717) is 0 Å². The maximum Gasteiger partial charge on any atom is 0.0547 e. The largest absolute Gasteiger partial charge is 0.310 e. The molecule has 2 heterocycles. The Morgan fingerprint density at radius 2 is 1.00 bits per heavy atom. The van der Waals surface area contributed by atoms with E-state index < -0.39 is 0 Å². The standard InChI is InChI=1S/C50H32N2S/c1-2-10-33(11-3-1)35-18-19-37-31-40(22-20-36(37)30-35)51(41-27-28-44-43-14-7-9-17-48(43)53-49(44)32-41)38-23-25-39(26-24-38)52-46-16-8-6-15-45(46)50-42-13-5-4-12-34(42)21-29-47(50)52/h1-32H. The number of rotatable bonds is 5. The monoisotopic (exact) mass is 692 g/mol. The van der Waals surface area contributed by atoms with Gasteiger partial charge in [0.2, 0.25) is 0 Å². The molecule has 0 unspecified atom stereocenters. The van der Waals surface area contributed by atoms with Crippen molar-refractivity contribution in [3.05, 3.63) is 194 Å². The second kappa shape index (κ2) is 11.9. The van der Waals surface area contributed by atoms with Crippen LogP contribution in [0.1, 0.15) is 0 Å². The molecular formula is C50H32N2S. The molecule has 0 aliphatic rings. The van der Waals surface area contributed by atoms with Gasteiger partial charge < -0.3 is 9.47 Å². The molecule has 9 aromatic carbocycles. The Bertz CT molecular complexity index is 3170. The first-order valence-corrected chi connectivity index (χ1v) is 18.9. The summed E-state index contributed by atoms with van der Waals surface area (Å²) in [6.45, 7) is 0. The van der Waals surface area contributed by atoms with Gasteiger partial charge in [0.15, 0.2) is 0 Å². The van der Waals surface area contributed by atoms with E-state index in [1.54, 1.807) is 0 Å². The molecule has 0 aliphatic carbocycles. The first-order chi connectivity index (χ1) is 26.3. The van der Waals surface area contributed by atoms with Crippen LogP contribution in [0.25, 0.3) is 80.3 Å². The van der Waals surface area contributed by atoms with Crippen LogP contribution in [0.15, 0.2) is 194 Å². The zero-order chi connectivity index (χ0) is 34.9. The van der Waals surface area contributed by atoms with Gasteiger partial charge in [-0.15, -0.1) is 11.3 Å². The van der Waals surface area contributed by atoms with Crippen LogP contribution in [-0.4, -0.2) is 4.57 Å². The minimum atomic E-state index is 1.11. The summed E-state index contributed by atoms with van der Waals surface area (Å²) in [5, 5.41) is 10.2. The number of aromatic nitrogens is 1. The smallest absolute Gasteiger partial charge is 0.0547 e. The molecular weight excluding hydrogens is 661 g/mol. The molecule has 0 N–H and O–H groups in total. The zero-order valence-corrected chi connectivity index (χ0v) is 29.6. The van der Waals surface area contributed by atoms with Gasteiger partial charge in [0.25, 0.3) is 0 Å². The molecule has 0 fully saturated rings. The molecule has 0 saturated heterocycles. The van der Waals surface area contributed by atoms with E-state index in [1.807, 2.05) is 11.3 Å². The number of para-hydroxylation sites is 1. The minimum Gasteiger partial charge on any atom is -0.310 e. The molecule has 0 amide bonds. The van der Waals surface area contributed by atoms with Crippen molar-refractivity contribution in [2.24, 2.45) is 0 Å². The lowest BCUT2D eigenvalue weighted by atomic mass is 10.0. The Kier molecular flexibility index (Phi) is 6.76. The van der Waals surface area contributed by atoms with Gasteiger partial charge in [0.1, 0.15) is 0 Å². The van der Waals surface area contributed by atoms with Gasteiger partial charge in [-0.25, -0.2) is 0 Å². The van der Waals surface area contributed by atoms with Crippen LogP contribution in [0.5, 0.6) is 0 Å². The number of hydrogen-bond acceptors (Lipinski definition) is 2. The van der Waals surface area contributed by atoms with E-state index in [-0.39, 0.29) is 0 Å². The highest BCUT2D eigenvalue weighted by Gasteiger charge is 2.18. The molecule has 0 atom stereocenters. The van der Waals surface area contributed by atoms with Crippen LogP contribution in [0, 0.1) is 0 Å². The predicted molar refractivity (Wildman–Crippen MR) is 229 cm³/mol. The molecule has 0 saturated carbocycles. The molecule has 0 radical (unpaired) electrons. The fraction of sp³-hybridized carbons (Fsp3) is 0. The fourth-order valence-corrected chi connectivity index (χ4v) is 9.39. The molecule has 11 aromatic rings. The summed E-state index contributed by atoms with van der Waals surface area (Å²) in [5.74, 6) is 0. The van der Waals surface area contributed by atoms with Crippen LogP contribution >= 0.6 is 11.3 Å². The predicted octanol–water partition coefficient (Wildman–Crippen LogP) is 14.6. The number of thiophene rings is 1. The summed E-state index contributed by atoms with van der Waals surface area (Å²) in [5.41, 5.74) is 9.40. The maximum atomic E-state index is 2.41. The Labute approximate surface area is 311 Å². The number of benzene rings is 9. The zero-order valence-electron chi connectivity index (χ0n) is 28.8. The molecule has 2 aromatic heterocycles. The topological polar surface area (TPSA) is 8.17 Å². The van der Waals surface area contributed by atoms with Crippen molar-refractivity contribution < 1.29 is 0 Å². The quantitative estimate of drug-likeness (QED) is 0.174. The SMILES string of the molecule is c1ccc(-c2ccc3cc(N(c4ccc(-n5c6ccccc6c6c7ccccc7ccc65)cc4)c4ccc5c(c4)sc4ccccc45)ccc3c2)cc1. The normalized spacial score (nSPS) is 11.8. The average Bonchev–Trinajstić information content (AvgIpc) is 3.77. The van der Waals surface area contributed by atoms with Crippen molar-refractivity contribution in [1.29, 1.82) is 0 Å². The second-order valence-corrected chi connectivity index (χ2v) is 14.9. The van der Waals surface area contributed by atoms with Crippen LogP contribution in [-0.2, 0) is 0 Å². The first-order valence-electron chi connectivity index (χ1n) is 18.1. The summed E-state index contributed by atoms with van der Waals surface area (Å²) in [6, 6.07) is 71.0. The minimum absolute atomic E-state index is 1.11. The molecule has 0 aliphatic heterocycles. The molecule has 11 rings (SSSR count). The third-order valence-electron chi connectivity index (χ3n) is 10.7. The molecule has 0 spiro atoms. The van der Waals surface area contributed by atoms with Crippen molar-refractivity contribution in [3.63, 3.8) is 0 Å². The lowest BCUT2D eigenvalue weighted by Gasteiger charge is -2.26. The second-order valence-electron chi connectivity index (χ2n) is 13.8. The number of anilines is 3. The van der Waals surface area contributed by atoms with E-state index in [2.05, 4.69) is 204 Å². The Balaban J connectivity index is 1.07. The highest BCUT2D eigenvalue weighted by atomic mass is 32.1. The highest BCUT2D eigenvalue weighted by Crippen LogP contribution is 2.42. The molecule has 248 valence electrons. The van der Waals surface area contributed by atoms with Crippen LogP contribution in [0.3, 0.4) is 0 Å². The van der Waals surface area contributed by atoms with E-state index in [1.165, 1.54) is 74.6 Å². The Hall–Kier alpha value is -6.68. The highest BCUT2D eigenvalue weighted by molar-refractivity contribution is 7.25. The van der Waals surface area contributed by atoms with Crippen LogP contribution < -0.4 is 4.90 Å². The number of fused-ring (bicyclic) bond motifs is 9. The van der Waals surface area contributed by atoms with E-state index in [0.717, 1.165) is 22.7 Å². The maximum absolute atomic E-state index is 2.41. The van der Waals surface area contributed by atoms with Gasteiger partial charge in [-0.05, 0) is 105 Å². The van der Waals surface area contributed by atoms with Crippen molar-refractivity contribution in [1.82, 2.24) is 4.57 Å². The van der Waals surface area contributed by atoms with Gasteiger partial charge in [0.05, 0.1) is 11.0 Å². The van der Waals surface area contributed by atoms with Crippen LogP contribution in [0.2, 0.25) is 0 Å².